The molecule has 2 heteroatoms. The monoisotopic (exact) mass is 177 g/mol. The van der Waals surface area contributed by atoms with Crippen molar-refractivity contribution in [3.8, 4) is 0 Å². The van der Waals surface area contributed by atoms with Crippen molar-refractivity contribution >= 4 is 0 Å². The van der Waals surface area contributed by atoms with E-state index >= 15 is 0 Å². The van der Waals surface area contributed by atoms with E-state index in [9.17, 15) is 0 Å². The van der Waals surface area contributed by atoms with Crippen LogP contribution in [0.2, 0.25) is 0 Å². The Hall–Kier alpha value is -0.860. The lowest BCUT2D eigenvalue weighted by molar-refractivity contribution is 0.0664. The Morgan fingerprint density at radius 1 is 1.31 bits per heavy atom. The van der Waals surface area contributed by atoms with Gasteiger partial charge in [0.2, 0.25) is 0 Å². The maximum atomic E-state index is 5.15. The molecule has 1 aromatic rings. The van der Waals surface area contributed by atoms with Gasteiger partial charge in [-0.25, -0.2) is 5.90 Å². The number of hydrogen-bond donors (Lipinski definition) is 1. The topological polar surface area (TPSA) is 35.2 Å². The smallest absolute Gasteiger partial charge is 0.101 e. The minimum atomic E-state index is 0.00546. The van der Waals surface area contributed by atoms with Gasteiger partial charge in [-0.1, -0.05) is 18.2 Å². The second-order valence-electron chi connectivity index (χ2n) is 3.66. The zero-order valence-electron chi connectivity index (χ0n) is 7.92. The van der Waals surface area contributed by atoms with Gasteiger partial charge in [0, 0.05) is 0 Å². The lowest BCUT2D eigenvalue weighted by Gasteiger charge is -2.10. The Labute approximate surface area is 78.7 Å². The number of rotatable bonds is 2. The molecule has 0 heterocycles. The van der Waals surface area contributed by atoms with Gasteiger partial charge in [-0.05, 0) is 42.9 Å². The molecule has 0 bridgehead atoms. The zero-order chi connectivity index (χ0) is 9.26. The molecule has 2 nitrogen and oxygen atoms in total. The molecular weight excluding hydrogens is 162 g/mol. The first-order chi connectivity index (χ1) is 6.31. The van der Waals surface area contributed by atoms with E-state index in [4.69, 9.17) is 10.7 Å². The Morgan fingerprint density at radius 3 is 2.85 bits per heavy atom. The minimum absolute atomic E-state index is 0.00546. The quantitative estimate of drug-likeness (QED) is 0.702. The third-order valence-corrected chi connectivity index (χ3v) is 2.80. The van der Waals surface area contributed by atoms with Gasteiger partial charge in [-0.3, -0.25) is 4.84 Å². The summed E-state index contributed by atoms with van der Waals surface area (Å²) in [6.45, 7) is 1.97. The van der Waals surface area contributed by atoms with E-state index in [1.807, 2.05) is 6.92 Å². The molecule has 0 saturated carbocycles. The Bertz CT molecular complexity index is 309. The Kier molecular flexibility index (Phi) is 2.34. The molecule has 0 radical (unpaired) electrons. The van der Waals surface area contributed by atoms with Crippen LogP contribution in [0.1, 0.15) is 36.1 Å². The summed E-state index contributed by atoms with van der Waals surface area (Å²) >= 11 is 0. The third kappa shape index (κ3) is 1.60. The highest BCUT2D eigenvalue weighted by Gasteiger charge is 2.12. The summed E-state index contributed by atoms with van der Waals surface area (Å²) in [6, 6.07) is 6.54. The molecule has 0 saturated heterocycles. The molecule has 1 unspecified atom stereocenters. The fraction of sp³-hybridized carbons (Fsp3) is 0.455. The highest BCUT2D eigenvalue weighted by atomic mass is 16.6. The molecule has 0 aromatic heterocycles. The van der Waals surface area contributed by atoms with Crippen LogP contribution in [0.4, 0.5) is 0 Å². The summed E-state index contributed by atoms with van der Waals surface area (Å²) in [4.78, 5) is 4.80. The normalized spacial score (nSPS) is 17.1. The first-order valence-corrected chi connectivity index (χ1v) is 4.78. The van der Waals surface area contributed by atoms with Crippen LogP contribution in [0.25, 0.3) is 0 Å². The largest absolute Gasteiger partial charge is 0.297 e. The SMILES string of the molecule is CC(ON)c1ccc2c(c1)CCC2. The predicted octanol–water partition coefficient (Wildman–Crippen LogP) is 2.13. The molecule has 1 aliphatic carbocycles. The van der Waals surface area contributed by atoms with Gasteiger partial charge in [-0.15, -0.1) is 0 Å². The lowest BCUT2D eigenvalue weighted by atomic mass is 10.0. The lowest BCUT2D eigenvalue weighted by Crippen LogP contribution is -2.05. The number of fused-ring (bicyclic) bond motifs is 1. The van der Waals surface area contributed by atoms with Crippen LogP contribution in [0.3, 0.4) is 0 Å². The summed E-state index contributed by atoms with van der Waals surface area (Å²) in [5, 5.41) is 0. The van der Waals surface area contributed by atoms with E-state index in [0.717, 1.165) is 0 Å². The van der Waals surface area contributed by atoms with Crippen molar-refractivity contribution in [2.24, 2.45) is 5.90 Å². The fourth-order valence-electron chi connectivity index (χ4n) is 1.92. The first kappa shape index (κ1) is 8.73. The maximum Gasteiger partial charge on any atom is 0.101 e. The van der Waals surface area contributed by atoms with E-state index in [1.165, 1.54) is 36.0 Å². The van der Waals surface area contributed by atoms with Crippen LogP contribution in [0.15, 0.2) is 18.2 Å². The highest BCUT2D eigenvalue weighted by molar-refractivity contribution is 5.35. The molecule has 70 valence electrons. The second kappa shape index (κ2) is 3.48. The van der Waals surface area contributed by atoms with Crippen LogP contribution in [0, 0.1) is 0 Å². The molecule has 13 heavy (non-hydrogen) atoms. The van der Waals surface area contributed by atoms with Gasteiger partial charge in [0.1, 0.15) is 6.10 Å². The summed E-state index contributed by atoms with van der Waals surface area (Å²) in [7, 11) is 0. The average Bonchev–Trinajstić information content (AvgIpc) is 2.63. The van der Waals surface area contributed by atoms with Crippen molar-refractivity contribution in [1.82, 2.24) is 0 Å². The van der Waals surface area contributed by atoms with E-state index in [-0.39, 0.29) is 6.10 Å². The van der Waals surface area contributed by atoms with E-state index < -0.39 is 0 Å². The van der Waals surface area contributed by atoms with Crippen LogP contribution < -0.4 is 5.90 Å². The molecule has 1 aromatic carbocycles. The van der Waals surface area contributed by atoms with Crippen molar-refractivity contribution in [3.05, 3.63) is 34.9 Å². The number of nitrogens with two attached hydrogens (primary N) is 1. The van der Waals surface area contributed by atoms with E-state index in [1.54, 1.807) is 0 Å². The summed E-state index contributed by atoms with van der Waals surface area (Å²) in [5.74, 6) is 5.15. The fourth-order valence-corrected chi connectivity index (χ4v) is 1.92. The Morgan fingerprint density at radius 2 is 2.08 bits per heavy atom. The highest BCUT2D eigenvalue weighted by Crippen LogP contribution is 2.25. The predicted molar refractivity (Wildman–Crippen MR) is 52.2 cm³/mol. The van der Waals surface area contributed by atoms with Crippen molar-refractivity contribution in [2.75, 3.05) is 0 Å². The third-order valence-electron chi connectivity index (χ3n) is 2.80. The van der Waals surface area contributed by atoms with Gasteiger partial charge in [0.05, 0.1) is 0 Å². The molecule has 2 N–H and O–H groups in total. The zero-order valence-corrected chi connectivity index (χ0v) is 7.92. The second-order valence-corrected chi connectivity index (χ2v) is 3.66. The molecule has 1 aliphatic rings. The van der Waals surface area contributed by atoms with Crippen LogP contribution >= 0.6 is 0 Å². The molecule has 0 amide bonds. The number of aryl methyl sites for hydroxylation is 2. The summed E-state index contributed by atoms with van der Waals surface area (Å²) in [5.41, 5.74) is 4.15. The van der Waals surface area contributed by atoms with E-state index in [0.29, 0.717) is 0 Å². The van der Waals surface area contributed by atoms with Gasteiger partial charge in [-0.2, -0.15) is 0 Å². The molecule has 0 spiro atoms. The van der Waals surface area contributed by atoms with Gasteiger partial charge < -0.3 is 0 Å². The minimum Gasteiger partial charge on any atom is -0.297 e. The van der Waals surface area contributed by atoms with Crippen molar-refractivity contribution in [2.45, 2.75) is 32.3 Å². The van der Waals surface area contributed by atoms with Crippen LogP contribution in [0.5, 0.6) is 0 Å². The molecule has 2 rings (SSSR count). The summed E-state index contributed by atoms with van der Waals surface area (Å²) in [6.07, 6.45) is 3.73. The summed E-state index contributed by atoms with van der Waals surface area (Å²) < 4.78 is 0. The van der Waals surface area contributed by atoms with Crippen molar-refractivity contribution in [1.29, 1.82) is 0 Å². The van der Waals surface area contributed by atoms with E-state index in [2.05, 4.69) is 18.2 Å². The number of benzene rings is 1. The van der Waals surface area contributed by atoms with Gasteiger partial charge in [0.15, 0.2) is 0 Å². The van der Waals surface area contributed by atoms with Crippen LogP contribution in [-0.4, -0.2) is 0 Å². The standard InChI is InChI=1S/C11H15NO/c1-8(13-12)10-6-5-9-3-2-4-11(9)7-10/h5-8H,2-4,12H2,1H3. The van der Waals surface area contributed by atoms with Gasteiger partial charge >= 0.3 is 0 Å². The molecule has 0 aliphatic heterocycles. The Balaban J connectivity index is 2.30. The maximum absolute atomic E-state index is 5.15. The van der Waals surface area contributed by atoms with Crippen molar-refractivity contribution < 1.29 is 4.84 Å². The van der Waals surface area contributed by atoms with Gasteiger partial charge in [0.25, 0.3) is 0 Å². The van der Waals surface area contributed by atoms with Crippen LogP contribution in [-0.2, 0) is 17.7 Å². The first-order valence-electron chi connectivity index (χ1n) is 4.78. The average molecular weight is 177 g/mol. The van der Waals surface area contributed by atoms with Crippen molar-refractivity contribution in [3.63, 3.8) is 0 Å². The number of hydrogen-bond acceptors (Lipinski definition) is 2. The molecule has 0 fully saturated rings. The molecule has 1 atom stereocenters. The molecular formula is C11H15NO.